The highest BCUT2D eigenvalue weighted by Gasteiger charge is 2.54. The molecule has 0 spiro atoms. The number of hydrogen-bond donors (Lipinski definition) is 1. The van der Waals surface area contributed by atoms with Crippen molar-refractivity contribution in [1.29, 1.82) is 0 Å². The molecule has 0 bridgehead atoms. The van der Waals surface area contributed by atoms with Crippen LogP contribution >= 0.6 is 0 Å². The van der Waals surface area contributed by atoms with E-state index in [-0.39, 0.29) is 41.1 Å². The maximum Gasteiger partial charge on any atom is 0.302 e. The van der Waals surface area contributed by atoms with Crippen LogP contribution in [0.2, 0.25) is 0 Å². The third-order valence-corrected chi connectivity index (χ3v) is 7.73. The molecule has 1 amide bonds. The molecule has 2 aromatic carbocycles. The van der Waals surface area contributed by atoms with Gasteiger partial charge in [-0.2, -0.15) is 0 Å². The molecule has 2 aromatic rings. The lowest BCUT2D eigenvalue weighted by Crippen LogP contribution is -2.62. The van der Waals surface area contributed by atoms with Gasteiger partial charge in [0.2, 0.25) is 0 Å². The van der Waals surface area contributed by atoms with E-state index >= 15 is 0 Å². The summed E-state index contributed by atoms with van der Waals surface area (Å²) in [6, 6.07) is 16.9. The second-order valence-electron chi connectivity index (χ2n) is 10.8. The van der Waals surface area contributed by atoms with Crippen molar-refractivity contribution in [2.24, 2.45) is 11.8 Å². The first kappa shape index (κ1) is 25.2. The van der Waals surface area contributed by atoms with Crippen molar-refractivity contribution in [3.8, 4) is 5.75 Å². The van der Waals surface area contributed by atoms with Crippen molar-refractivity contribution >= 4 is 11.9 Å². The van der Waals surface area contributed by atoms with Crippen LogP contribution in [-0.4, -0.2) is 65.6 Å². The number of phenols is 1. The predicted octanol–water partition coefficient (Wildman–Crippen LogP) is 4.47. The van der Waals surface area contributed by atoms with E-state index in [4.69, 9.17) is 4.74 Å². The predicted molar refractivity (Wildman–Crippen MR) is 136 cm³/mol. The smallest absolute Gasteiger partial charge is 0.302 e. The van der Waals surface area contributed by atoms with E-state index < -0.39 is 0 Å². The Hall–Kier alpha value is -2.86. The highest BCUT2D eigenvalue weighted by atomic mass is 16.5. The molecular weight excluding hydrogens is 440 g/mol. The number of ether oxygens (including phenoxy) is 1. The van der Waals surface area contributed by atoms with Crippen LogP contribution in [0.5, 0.6) is 5.75 Å². The number of piperidine rings is 1. The van der Waals surface area contributed by atoms with Crippen molar-refractivity contribution in [3.63, 3.8) is 0 Å². The Bertz CT molecular complexity index is 1040. The number of phenolic OH excluding ortho intramolecular Hbond substituents is 1. The summed E-state index contributed by atoms with van der Waals surface area (Å²) >= 11 is 0. The van der Waals surface area contributed by atoms with Gasteiger partial charge in [-0.1, -0.05) is 44.2 Å². The summed E-state index contributed by atoms with van der Waals surface area (Å²) in [5.41, 5.74) is 1.43. The molecule has 1 heterocycles. The number of amides is 1. The fourth-order valence-corrected chi connectivity index (χ4v) is 6.25. The molecular formula is C29H38N2O4. The normalized spacial score (nSPS) is 26.7. The molecule has 1 aliphatic heterocycles. The second-order valence-corrected chi connectivity index (χ2v) is 10.8. The van der Waals surface area contributed by atoms with Crippen LogP contribution < -0.4 is 0 Å². The number of rotatable bonds is 6. The Balaban J connectivity index is 1.79. The lowest BCUT2D eigenvalue weighted by Gasteiger charge is -2.56. The zero-order valence-corrected chi connectivity index (χ0v) is 21.3. The van der Waals surface area contributed by atoms with Crippen LogP contribution in [-0.2, 0) is 14.9 Å². The zero-order chi connectivity index (χ0) is 25.2. The van der Waals surface area contributed by atoms with Gasteiger partial charge in [0.05, 0.1) is 0 Å². The van der Waals surface area contributed by atoms with Crippen LogP contribution in [0.25, 0.3) is 0 Å². The fourth-order valence-electron chi connectivity index (χ4n) is 6.25. The number of carbonyl (C=O) groups is 2. The Morgan fingerprint density at radius 3 is 2.57 bits per heavy atom. The standard InChI is InChI=1S/C29H38N2O4/c1-20(2)18-31(28(34)22-9-6-5-7-10-22)24-16-27(35-21(3)32)26-19-30(4)14-13-29(26,17-24)23-11-8-12-25(33)15-23/h5-12,15,20,24,26-27,33H,13-14,16-19H2,1-4H3. The van der Waals surface area contributed by atoms with Crippen LogP contribution in [0.1, 0.15) is 56.0 Å². The molecule has 1 saturated heterocycles. The minimum absolute atomic E-state index is 0.0170. The molecule has 188 valence electrons. The topological polar surface area (TPSA) is 70.1 Å². The molecule has 6 heteroatoms. The number of likely N-dealkylation sites (tertiary alicyclic amines) is 1. The third kappa shape index (κ3) is 5.37. The van der Waals surface area contributed by atoms with E-state index in [1.165, 1.54) is 6.92 Å². The van der Waals surface area contributed by atoms with E-state index in [9.17, 15) is 14.7 Å². The first-order valence-corrected chi connectivity index (χ1v) is 12.7. The van der Waals surface area contributed by atoms with Gasteiger partial charge in [0.25, 0.3) is 5.91 Å². The van der Waals surface area contributed by atoms with Crippen LogP contribution in [0, 0.1) is 11.8 Å². The summed E-state index contributed by atoms with van der Waals surface area (Å²) < 4.78 is 5.99. The van der Waals surface area contributed by atoms with E-state index in [1.807, 2.05) is 47.4 Å². The van der Waals surface area contributed by atoms with Crippen molar-refractivity contribution < 1.29 is 19.4 Å². The van der Waals surface area contributed by atoms with Crippen molar-refractivity contribution in [2.75, 3.05) is 26.7 Å². The summed E-state index contributed by atoms with van der Waals surface area (Å²) in [5, 5.41) is 10.4. The Kier molecular flexibility index (Phi) is 7.50. The number of hydrogen-bond acceptors (Lipinski definition) is 5. The molecule has 1 aliphatic carbocycles. The summed E-state index contributed by atoms with van der Waals surface area (Å²) in [7, 11) is 2.10. The highest BCUT2D eigenvalue weighted by Crippen LogP contribution is 2.51. The first-order chi connectivity index (χ1) is 16.7. The van der Waals surface area contributed by atoms with E-state index in [0.29, 0.717) is 24.4 Å². The number of esters is 1. The molecule has 0 radical (unpaired) electrons. The van der Waals surface area contributed by atoms with Gasteiger partial charge < -0.3 is 19.6 Å². The van der Waals surface area contributed by atoms with Crippen molar-refractivity contribution in [1.82, 2.24) is 9.80 Å². The molecule has 4 atom stereocenters. The number of aromatic hydroxyl groups is 1. The van der Waals surface area contributed by atoms with Gasteiger partial charge >= 0.3 is 5.97 Å². The minimum Gasteiger partial charge on any atom is -0.508 e. The van der Waals surface area contributed by atoms with Gasteiger partial charge in [-0.3, -0.25) is 9.59 Å². The Labute approximate surface area is 208 Å². The zero-order valence-electron chi connectivity index (χ0n) is 21.3. The molecule has 4 unspecified atom stereocenters. The van der Waals surface area contributed by atoms with E-state index in [0.717, 1.165) is 31.5 Å². The van der Waals surface area contributed by atoms with Gasteiger partial charge in [0.1, 0.15) is 11.9 Å². The van der Waals surface area contributed by atoms with Crippen molar-refractivity contribution in [3.05, 3.63) is 65.7 Å². The lowest BCUT2D eigenvalue weighted by atomic mass is 9.56. The maximum absolute atomic E-state index is 13.8. The van der Waals surface area contributed by atoms with Crippen LogP contribution in [0.4, 0.5) is 0 Å². The van der Waals surface area contributed by atoms with Crippen LogP contribution in [0.15, 0.2) is 54.6 Å². The highest BCUT2D eigenvalue weighted by molar-refractivity contribution is 5.94. The van der Waals surface area contributed by atoms with Gasteiger partial charge in [-0.05, 0) is 62.2 Å². The van der Waals surface area contributed by atoms with Gasteiger partial charge in [0, 0.05) is 49.4 Å². The number of fused-ring (bicyclic) bond motifs is 1. The average molecular weight is 479 g/mol. The second kappa shape index (κ2) is 10.4. The molecule has 1 saturated carbocycles. The maximum atomic E-state index is 13.8. The molecule has 2 aliphatic rings. The summed E-state index contributed by atoms with van der Waals surface area (Å²) in [4.78, 5) is 30.3. The number of nitrogens with zero attached hydrogens (tertiary/aromatic N) is 2. The van der Waals surface area contributed by atoms with E-state index in [2.05, 4.69) is 31.9 Å². The van der Waals surface area contributed by atoms with Gasteiger partial charge in [0.15, 0.2) is 0 Å². The molecule has 2 fully saturated rings. The van der Waals surface area contributed by atoms with Crippen molar-refractivity contribution in [2.45, 2.75) is 57.6 Å². The Morgan fingerprint density at radius 1 is 1.17 bits per heavy atom. The largest absolute Gasteiger partial charge is 0.508 e. The molecule has 6 nitrogen and oxygen atoms in total. The van der Waals surface area contributed by atoms with E-state index in [1.54, 1.807) is 6.07 Å². The summed E-state index contributed by atoms with van der Waals surface area (Å²) in [6.07, 6.45) is 1.96. The van der Waals surface area contributed by atoms with Gasteiger partial charge in [-0.15, -0.1) is 0 Å². The fraction of sp³-hybridized carbons (Fsp3) is 0.517. The first-order valence-electron chi connectivity index (χ1n) is 12.7. The van der Waals surface area contributed by atoms with Crippen LogP contribution in [0.3, 0.4) is 0 Å². The summed E-state index contributed by atoms with van der Waals surface area (Å²) in [5.74, 6) is 0.333. The molecule has 1 N–H and O–H groups in total. The quantitative estimate of drug-likeness (QED) is 0.620. The number of benzene rings is 2. The number of carbonyl (C=O) groups excluding carboxylic acids is 2. The Morgan fingerprint density at radius 2 is 1.91 bits per heavy atom. The average Bonchev–Trinajstić information content (AvgIpc) is 2.82. The molecule has 35 heavy (non-hydrogen) atoms. The molecule has 4 rings (SSSR count). The molecule has 0 aromatic heterocycles. The summed E-state index contributed by atoms with van der Waals surface area (Å²) in [6.45, 7) is 8.06. The monoisotopic (exact) mass is 478 g/mol. The lowest BCUT2D eigenvalue weighted by molar-refractivity contribution is -0.158. The third-order valence-electron chi connectivity index (χ3n) is 7.73. The SMILES string of the molecule is CC(=O)OC1CC(N(CC(C)C)C(=O)c2ccccc2)CC2(c3cccc(O)c3)CCN(C)CC12. The van der Waals surface area contributed by atoms with Gasteiger partial charge in [-0.25, -0.2) is 0 Å². The minimum atomic E-state index is -0.311.